The lowest BCUT2D eigenvalue weighted by Gasteiger charge is -2.09. The number of rotatable bonds is 6. The van der Waals surface area contributed by atoms with Crippen LogP contribution >= 0.6 is 0 Å². The van der Waals surface area contributed by atoms with Crippen molar-refractivity contribution in [1.29, 1.82) is 0 Å². The molecule has 0 unspecified atom stereocenters. The molecule has 0 fully saturated rings. The molecule has 1 aromatic heterocycles. The highest BCUT2D eigenvalue weighted by Gasteiger charge is 2.12. The third-order valence-electron chi connectivity index (χ3n) is 2.11. The van der Waals surface area contributed by atoms with Gasteiger partial charge in [0.2, 0.25) is 10.0 Å². The predicted octanol–water partition coefficient (Wildman–Crippen LogP) is -0.459. The first-order chi connectivity index (χ1) is 8.83. The molecule has 19 heavy (non-hydrogen) atoms. The van der Waals surface area contributed by atoms with Gasteiger partial charge in [0.15, 0.2) is 0 Å². The van der Waals surface area contributed by atoms with E-state index >= 15 is 0 Å². The zero-order chi connectivity index (χ0) is 14.5. The van der Waals surface area contributed by atoms with Crippen LogP contribution in [0.5, 0.6) is 0 Å². The summed E-state index contributed by atoms with van der Waals surface area (Å²) in [5.74, 6) is -0.917. The minimum atomic E-state index is -3.29. The lowest BCUT2D eigenvalue weighted by Crippen LogP contribution is -2.34. The second kappa shape index (κ2) is 6.43. The number of hydrogen-bond donors (Lipinski definition) is 3. The molecule has 0 aliphatic carbocycles. The Morgan fingerprint density at radius 1 is 1.42 bits per heavy atom. The number of aromatic nitrogens is 1. The second-order valence-corrected chi connectivity index (χ2v) is 5.56. The number of nitrogens with one attached hydrogen (secondary N) is 3. The Bertz CT molecular complexity index is 562. The first kappa shape index (κ1) is 15.3. The smallest absolute Gasteiger partial charge is 0.255 e. The molecule has 0 saturated carbocycles. The third-order valence-corrected chi connectivity index (χ3v) is 2.84. The minimum absolute atomic E-state index is 0.0573. The summed E-state index contributed by atoms with van der Waals surface area (Å²) >= 11 is 0. The number of hydrogen-bond acceptors (Lipinski definition) is 5. The fourth-order valence-electron chi connectivity index (χ4n) is 1.32. The monoisotopic (exact) mass is 290 g/mol. The van der Waals surface area contributed by atoms with Gasteiger partial charge in [0.05, 0.1) is 18.0 Å². The SMILES string of the molecule is CNc1ncc(F)cc1C(=O)NCCNS(C)(=O)=O. The van der Waals surface area contributed by atoms with E-state index in [-0.39, 0.29) is 24.5 Å². The number of sulfonamides is 1. The van der Waals surface area contributed by atoms with Crippen LogP contribution in [-0.4, -0.2) is 45.7 Å². The molecule has 0 bridgehead atoms. The van der Waals surface area contributed by atoms with Crippen molar-refractivity contribution in [3.63, 3.8) is 0 Å². The van der Waals surface area contributed by atoms with Crippen LogP contribution in [0.15, 0.2) is 12.3 Å². The Labute approximate surface area is 110 Å². The Kier molecular flexibility index (Phi) is 5.19. The molecule has 0 spiro atoms. The van der Waals surface area contributed by atoms with Gasteiger partial charge >= 0.3 is 0 Å². The normalized spacial score (nSPS) is 11.1. The van der Waals surface area contributed by atoms with Crippen LogP contribution in [0.3, 0.4) is 0 Å². The molecular formula is C10H15FN4O3S. The van der Waals surface area contributed by atoms with Gasteiger partial charge < -0.3 is 10.6 Å². The average molecular weight is 290 g/mol. The molecule has 9 heteroatoms. The van der Waals surface area contributed by atoms with Crippen molar-refractivity contribution >= 4 is 21.7 Å². The van der Waals surface area contributed by atoms with Gasteiger partial charge in [-0.3, -0.25) is 4.79 Å². The maximum absolute atomic E-state index is 13.0. The van der Waals surface area contributed by atoms with Crippen molar-refractivity contribution in [2.75, 3.05) is 31.7 Å². The van der Waals surface area contributed by atoms with E-state index < -0.39 is 21.7 Å². The van der Waals surface area contributed by atoms with Crippen LogP contribution in [0.1, 0.15) is 10.4 Å². The van der Waals surface area contributed by atoms with Crippen molar-refractivity contribution in [3.05, 3.63) is 23.6 Å². The van der Waals surface area contributed by atoms with Crippen LogP contribution in [0.4, 0.5) is 10.2 Å². The highest BCUT2D eigenvalue weighted by atomic mass is 32.2. The van der Waals surface area contributed by atoms with Gasteiger partial charge in [-0.25, -0.2) is 22.5 Å². The molecule has 0 atom stereocenters. The van der Waals surface area contributed by atoms with Crippen LogP contribution in [0, 0.1) is 5.82 Å². The quantitative estimate of drug-likeness (QED) is 0.616. The van der Waals surface area contributed by atoms with Gasteiger partial charge in [-0.05, 0) is 6.07 Å². The molecule has 0 radical (unpaired) electrons. The number of carbonyl (C=O) groups is 1. The molecule has 106 valence electrons. The number of pyridine rings is 1. The first-order valence-corrected chi connectivity index (χ1v) is 7.29. The Balaban J connectivity index is 2.61. The largest absolute Gasteiger partial charge is 0.372 e. The Morgan fingerprint density at radius 3 is 2.68 bits per heavy atom. The molecular weight excluding hydrogens is 275 g/mol. The summed E-state index contributed by atoms with van der Waals surface area (Å²) in [4.78, 5) is 15.5. The maximum Gasteiger partial charge on any atom is 0.255 e. The molecule has 1 aromatic rings. The van der Waals surface area contributed by atoms with Crippen molar-refractivity contribution in [3.8, 4) is 0 Å². The highest BCUT2D eigenvalue weighted by molar-refractivity contribution is 7.88. The van der Waals surface area contributed by atoms with Crippen molar-refractivity contribution in [1.82, 2.24) is 15.0 Å². The topological polar surface area (TPSA) is 100 Å². The summed E-state index contributed by atoms with van der Waals surface area (Å²) in [6.07, 6.45) is 2.01. The van der Waals surface area contributed by atoms with Crippen molar-refractivity contribution in [2.24, 2.45) is 0 Å². The molecule has 1 amide bonds. The van der Waals surface area contributed by atoms with E-state index in [2.05, 4.69) is 20.3 Å². The Morgan fingerprint density at radius 2 is 2.11 bits per heavy atom. The third kappa shape index (κ3) is 5.18. The second-order valence-electron chi connectivity index (χ2n) is 3.72. The summed E-state index contributed by atoms with van der Waals surface area (Å²) in [5.41, 5.74) is 0.0573. The van der Waals surface area contributed by atoms with Gasteiger partial charge in [-0.2, -0.15) is 0 Å². The molecule has 0 aliphatic rings. The molecule has 0 aromatic carbocycles. The van der Waals surface area contributed by atoms with E-state index in [1.54, 1.807) is 7.05 Å². The van der Waals surface area contributed by atoms with Gasteiger partial charge in [0, 0.05) is 20.1 Å². The summed E-state index contributed by atoms with van der Waals surface area (Å²) in [6, 6.07) is 1.05. The molecule has 0 saturated heterocycles. The summed E-state index contributed by atoms with van der Waals surface area (Å²) in [7, 11) is -1.73. The molecule has 1 rings (SSSR count). The van der Waals surface area contributed by atoms with Gasteiger partial charge in [0.1, 0.15) is 11.6 Å². The van der Waals surface area contributed by atoms with E-state index in [9.17, 15) is 17.6 Å². The van der Waals surface area contributed by atoms with Crippen LogP contribution < -0.4 is 15.4 Å². The number of anilines is 1. The highest BCUT2D eigenvalue weighted by Crippen LogP contribution is 2.12. The fourth-order valence-corrected chi connectivity index (χ4v) is 1.79. The first-order valence-electron chi connectivity index (χ1n) is 5.39. The van der Waals surface area contributed by atoms with E-state index in [1.807, 2.05) is 0 Å². The predicted molar refractivity (Wildman–Crippen MR) is 68.9 cm³/mol. The number of halogens is 1. The zero-order valence-electron chi connectivity index (χ0n) is 10.5. The minimum Gasteiger partial charge on any atom is -0.372 e. The summed E-state index contributed by atoms with van der Waals surface area (Å²) in [6.45, 7) is 0.147. The number of amides is 1. The molecule has 7 nitrogen and oxygen atoms in total. The summed E-state index contributed by atoms with van der Waals surface area (Å²) in [5, 5.41) is 5.13. The van der Waals surface area contributed by atoms with Crippen LogP contribution in [0.2, 0.25) is 0 Å². The molecule has 3 N–H and O–H groups in total. The lowest BCUT2D eigenvalue weighted by atomic mass is 10.2. The van der Waals surface area contributed by atoms with Crippen LogP contribution in [-0.2, 0) is 10.0 Å². The number of carbonyl (C=O) groups excluding carboxylic acids is 1. The average Bonchev–Trinajstić information content (AvgIpc) is 2.33. The van der Waals surface area contributed by atoms with Gasteiger partial charge in [-0.15, -0.1) is 0 Å². The van der Waals surface area contributed by atoms with E-state index in [4.69, 9.17) is 0 Å². The lowest BCUT2D eigenvalue weighted by molar-refractivity contribution is 0.0954. The Hall–Kier alpha value is -1.74. The fraction of sp³-hybridized carbons (Fsp3) is 0.400. The number of nitrogens with zero attached hydrogens (tertiary/aromatic N) is 1. The van der Waals surface area contributed by atoms with E-state index in [0.29, 0.717) is 0 Å². The zero-order valence-corrected chi connectivity index (χ0v) is 11.3. The standard InChI is InChI=1S/C10H15FN4O3S/c1-12-9-8(5-7(11)6-14-9)10(16)13-3-4-15-19(2,17)18/h5-6,15H,3-4H2,1-2H3,(H,12,14)(H,13,16). The van der Waals surface area contributed by atoms with Gasteiger partial charge in [0.25, 0.3) is 5.91 Å². The maximum atomic E-state index is 13.0. The van der Waals surface area contributed by atoms with Crippen molar-refractivity contribution in [2.45, 2.75) is 0 Å². The summed E-state index contributed by atoms with van der Waals surface area (Å²) < 4.78 is 36.8. The van der Waals surface area contributed by atoms with E-state index in [0.717, 1.165) is 18.5 Å². The van der Waals surface area contributed by atoms with E-state index in [1.165, 1.54) is 0 Å². The van der Waals surface area contributed by atoms with Crippen LogP contribution in [0.25, 0.3) is 0 Å². The van der Waals surface area contributed by atoms with Gasteiger partial charge in [-0.1, -0.05) is 0 Å². The molecule has 1 heterocycles. The van der Waals surface area contributed by atoms with Crippen molar-refractivity contribution < 1.29 is 17.6 Å². The molecule has 0 aliphatic heterocycles.